The van der Waals surface area contributed by atoms with Crippen molar-refractivity contribution in [1.29, 1.82) is 0 Å². The number of nitrogens with two attached hydrogens (primary N) is 2. The normalized spacial score (nSPS) is 14.6. The molecule has 0 radical (unpaired) electrons. The van der Waals surface area contributed by atoms with Gasteiger partial charge in [-0.3, -0.25) is 0 Å². The first kappa shape index (κ1) is 25.5. The number of hydrogen-bond donors (Lipinski definition) is 3. The predicted molar refractivity (Wildman–Crippen MR) is 128 cm³/mol. The van der Waals surface area contributed by atoms with E-state index in [2.05, 4.69) is 30.1 Å². The van der Waals surface area contributed by atoms with Crippen LogP contribution in [0.5, 0.6) is 0 Å². The number of rotatable bonds is 7. The van der Waals surface area contributed by atoms with Gasteiger partial charge in [0.25, 0.3) is 0 Å². The van der Waals surface area contributed by atoms with Gasteiger partial charge in [-0.2, -0.15) is 13.2 Å². The van der Waals surface area contributed by atoms with Crippen LogP contribution in [0, 0.1) is 0 Å². The van der Waals surface area contributed by atoms with Crippen LogP contribution in [-0.4, -0.2) is 13.6 Å². The Bertz CT molecular complexity index is 930. The second-order valence-corrected chi connectivity index (χ2v) is 7.74. The van der Waals surface area contributed by atoms with Gasteiger partial charge in [-0.15, -0.1) is 0 Å². The molecule has 6 heteroatoms. The fraction of sp³-hybridized carbons (Fsp3) is 0.385. The van der Waals surface area contributed by atoms with Gasteiger partial charge in [0, 0.05) is 23.5 Å². The average molecular weight is 446 g/mol. The summed E-state index contributed by atoms with van der Waals surface area (Å²) in [6, 6.07) is 13.8. The monoisotopic (exact) mass is 445 g/mol. The van der Waals surface area contributed by atoms with Crippen molar-refractivity contribution in [1.82, 2.24) is 0 Å². The quantitative estimate of drug-likeness (QED) is 0.455. The topological polar surface area (TPSA) is 64.1 Å². The number of halogens is 3. The summed E-state index contributed by atoms with van der Waals surface area (Å²) in [5, 5.41) is 3.47. The summed E-state index contributed by atoms with van der Waals surface area (Å²) in [7, 11) is 1.50. The Morgan fingerprint density at radius 1 is 1.00 bits per heavy atom. The van der Waals surface area contributed by atoms with Crippen molar-refractivity contribution in [2.75, 3.05) is 18.9 Å². The summed E-state index contributed by atoms with van der Waals surface area (Å²) in [4.78, 5) is 0. The van der Waals surface area contributed by atoms with Gasteiger partial charge in [0.1, 0.15) is 0 Å². The van der Waals surface area contributed by atoms with Crippen LogP contribution in [0.1, 0.15) is 55.7 Å². The highest BCUT2D eigenvalue weighted by atomic mass is 19.4. The van der Waals surface area contributed by atoms with E-state index in [1.165, 1.54) is 30.3 Å². The SMILES string of the molecule is CCCNc1ccccc1CC1=C(/C=C(\N)c2ccccc2C(F)(F)F)CCCC1.CN. The Kier molecular flexibility index (Phi) is 9.85. The standard InChI is InChI=1S/C25H29F3N2.CH5N/c1-2-15-30-24-14-8-5-11-20(24)16-18-9-3-4-10-19(18)17-23(29)21-12-6-7-13-22(21)25(26,27)28;1-2/h5-8,11-14,17,30H,2-4,9-10,15-16,29H2,1H3;2H2,1H3/b23-17-;. The van der Waals surface area contributed by atoms with E-state index in [4.69, 9.17) is 5.73 Å². The third-order valence-corrected chi connectivity index (χ3v) is 5.49. The molecule has 1 aliphatic rings. The smallest absolute Gasteiger partial charge is 0.398 e. The van der Waals surface area contributed by atoms with E-state index < -0.39 is 11.7 Å². The van der Waals surface area contributed by atoms with Gasteiger partial charge in [0.15, 0.2) is 0 Å². The molecule has 0 aliphatic heterocycles. The van der Waals surface area contributed by atoms with Gasteiger partial charge in [-0.05, 0) is 74.9 Å². The van der Waals surface area contributed by atoms with E-state index >= 15 is 0 Å². The van der Waals surface area contributed by atoms with Crippen LogP contribution in [0.25, 0.3) is 5.70 Å². The van der Waals surface area contributed by atoms with Crippen molar-refractivity contribution in [3.63, 3.8) is 0 Å². The molecule has 3 nitrogen and oxygen atoms in total. The number of nitrogens with one attached hydrogen (secondary N) is 1. The first-order valence-electron chi connectivity index (χ1n) is 11.1. The van der Waals surface area contributed by atoms with Gasteiger partial charge in [0.05, 0.1) is 5.56 Å². The van der Waals surface area contributed by atoms with Crippen LogP contribution in [0.2, 0.25) is 0 Å². The maximum atomic E-state index is 13.4. The number of allylic oxidation sites excluding steroid dienone is 3. The summed E-state index contributed by atoms with van der Waals surface area (Å²) in [6.45, 7) is 3.04. The molecule has 174 valence electrons. The number of para-hydroxylation sites is 1. The van der Waals surface area contributed by atoms with Crippen molar-refractivity contribution >= 4 is 11.4 Å². The van der Waals surface area contributed by atoms with Gasteiger partial charge >= 0.3 is 6.18 Å². The molecule has 0 unspecified atom stereocenters. The first-order valence-corrected chi connectivity index (χ1v) is 11.1. The van der Waals surface area contributed by atoms with Crippen LogP contribution in [0.4, 0.5) is 18.9 Å². The maximum Gasteiger partial charge on any atom is 0.417 e. The summed E-state index contributed by atoms with van der Waals surface area (Å²) >= 11 is 0. The highest BCUT2D eigenvalue weighted by Gasteiger charge is 2.33. The minimum absolute atomic E-state index is 0.0486. The lowest BCUT2D eigenvalue weighted by molar-refractivity contribution is -0.137. The Balaban J connectivity index is 0.00000176. The third-order valence-electron chi connectivity index (χ3n) is 5.49. The molecule has 32 heavy (non-hydrogen) atoms. The lowest BCUT2D eigenvalue weighted by Crippen LogP contribution is -2.12. The first-order chi connectivity index (χ1) is 15.4. The van der Waals surface area contributed by atoms with Crippen molar-refractivity contribution in [2.45, 2.75) is 51.6 Å². The molecule has 0 saturated carbocycles. The molecule has 2 aromatic rings. The fourth-order valence-corrected chi connectivity index (χ4v) is 3.95. The predicted octanol–water partition coefficient (Wildman–Crippen LogP) is 6.52. The Morgan fingerprint density at radius 3 is 2.38 bits per heavy atom. The third kappa shape index (κ3) is 6.89. The van der Waals surface area contributed by atoms with Crippen molar-refractivity contribution in [2.24, 2.45) is 11.5 Å². The van der Waals surface area contributed by atoms with Crippen LogP contribution >= 0.6 is 0 Å². The Hall–Kier alpha value is -2.73. The minimum Gasteiger partial charge on any atom is -0.398 e. The molecule has 0 aromatic heterocycles. The van der Waals surface area contributed by atoms with E-state index in [0.29, 0.717) is 0 Å². The summed E-state index contributed by atoms with van der Waals surface area (Å²) < 4.78 is 40.2. The molecular formula is C26H34F3N3. The van der Waals surface area contributed by atoms with Crippen LogP contribution < -0.4 is 16.8 Å². The Morgan fingerprint density at radius 2 is 1.66 bits per heavy atom. The minimum atomic E-state index is -4.43. The van der Waals surface area contributed by atoms with E-state index in [1.54, 1.807) is 12.1 Å². The lowest BCUT2D eigenvalue weighted by Gasteiger charge is -2.21. The summed E-state index contributed by atoms with van der Waals surface area (Å²) in [5.41, 5.74) is 14.9. The average Bonchev–Trinajstić information content (AvgIpc) is 2.80. The number of alkyl halides is 3. The van der Waals surface area contributed by atoms with Gasteiger partial charge < -0.3 is 16.8 Å². The molecular weight excluding hydrogens is 411 g/mol. The molecule has 0 spiro atoms. The van der Waals surface area contributed by atoms with Crippen molar-refractivity contribution in [3.05, 3.63) is 82.4 Å². The zero-order valence-corrected chi connectivity index (χ0v) is 18.9. The van der Waals surface area contributed by atoms with Crippen LogP contribution in [0.3, 0.4) is 0 Å². The number of hydrogen-bond acceptors (Lipinski definition) is 3. The molecule has 0 saturated heterocycles. The molecule has 0 fully saturated rings. The van der Waals surface area contributed by atoms with Gasteiger partial charge in [-0.1, -0.05) is 48.9 Å². The second-order valence-electron chi connectivity index (χ2n) is 7.74. The highest BCUT2D eigenvalue weighted by Crippen LogP contribution is 2.36. The summed E-state index contributed by atoms with van der Waals surface area (Å²) in [6.07, 6.45) is 3.07. The molecule has 0 atom stereocenters. The van der Waals surface area contributed by atoms with Crippen LogP contribution in [-0.2, 0) is 12.6 Å². The number of benzene rings is 2. The van der Waals surface area contributed by atoms with E-state index in [1.807, 2.05) is 12.1 Å². The zero-order valence-electron chi connectivity index (χ0n) is 18.9. The molecule has 0 amide bonds. The molecule has 0 bridgehead atoms. The lowest BCUT2D eigenvalue weighted by atomic mass is 9.86. The van der Waals surface area contributed by atoms with E-state index in [0.717, 1.165) is 62.4 Å². The van der Waals surface area contributed by atoms with E-state index in [9.17, 15) is 13.2 Å². The van der Waals surface area contributed by atoms with E-state index in [-0.39, 0.29) is 11.3 Å². The maximum absolute atomic E-state index is 13.4. The van der Waals surface area contributed by atoms with Crippen molar-refractivity contribution in [3.8, 4) is 0 Å². The molecule has 1 aliphatic carbocycles. The zero-order chi connectivity index (χ0) is 23.6. The second kappa shape index (κ2) is 12.3. The molecule has 2 aromatic carbocycles. The van der Waals surface area contributed by atoms with Crippen molar-refractivity contribution < 1.29 is 13.2 Å². The van der Waals surface area contributed by atoms with Crippen LogP contribution in [0.15, 0.2) is 65.8 Å². The van der Waals surface area contributed by atoms with Gasteiger partial charge in [-0.25, -0.2) is 0 Å². The highest BCUT2D eigenvalue weighted by molar-refractivity contribution is 5.69. The largest absolute Gasteiger partial charge is 0.417 e. The molecule has 3 rings (SSSR count). The fourth-order valence-electron chi connectivity index (χ4n) is 3.95. The molecule has 0 heterocycles. The molecule has 5 N–H and O–H groups in total. The van der Waals surface area contributed by atoms with Gasteiger partial charge in [0.2, 0.25) is 0 Å². The summed E-state index contributed by atoms with van der Waals surface area (Å²) in [5.74, 6) is 0. The number of anilines is 1. The Labute approximate surface area is 189 Å².